The fourth-order valence-corrected chi connectivity index (χ4v) is 4.24. The highest BCUT2D eigenvalue weighted by atomic mass is 79.9. The zero-order valence-electron chi connectivity index (χ0n) is 14.0. The zero-order valence-corrected chi connectivity index (χ0v) is 16.4. The summed E-state index contributed by atoms with van der Waals surface area (Å²) in [4.78, 5) is 27.9. The number of carbonyl (C=O) groups excluding carboxylic acids is 1. The van der Waals surface area contributed by atoms with Crippen molar-refractivity contribution < 1.29 is 14.5 Å². The fraction of sp³-hybridized carbons (Fsp3) is 0.353. The second-order valence-electron chi connectivity index (χ2n) is 5.90. The molecule has 138 valence electrons. The van der Waals surface area contributed by atoms with Gasteiger partial charge in [-0.1, -0.05) is 0 Å². The third kappa shape index (κ3) is 5.03. The standard InChI is InChI=1S/C17H18BrN3O4S/c18-16-6-5-15(26-16)11-19-7-9-20(10-8-19)17(22)12-25-14-3-1-13(2-4-14)21(23)24/h1-6H,7-12H2. The van der Waals surface area contributed by atoms with Gasteiger partial charge in [-0.05, 0) is 40.2 Å². The molecule has 1 saturated heterocycles. The number of hydrogen-bond donors (Lipinski definition) is 0. The van der Waals surface area contributed by atoms with E-state index >= 15 is 0 Å². The molecule has 0 unspecified atom stereocenters. The number of amides is 1. The number of nitro groups is 1. The molecule has 9 heteroatoms. The van der Waals surface area contributed by atoms with Crippen molar-refractivity contribution in [2.45, 2.75) is 6.54 Å². The van der Waals surface area contributed by atoms with Crippen LogP contribution in [0.15, 0.2) is 40.2 Å². The maximum atomic E-state index is 12.3. The summed E-state index contributed by atoms with van der Waals surface area (Å²) in [5.41, 5.74) is -0.00225. The van der Waals surface area contributed by atoms with Crippen LogP contribution in [0, 0.1) is 10.1 Å². The molecule has 2 aromatic rings. The van der Waals surface area contributed by atoms with E-state index in [2.05, 4.69) is 33.0 Å². The van der Waals surface area contributed by atoms with Gasteiger partial charge in [-0.15, -0.1) is 11.3 Å². The van der Waals surface area contributed by atoms with Crippen LogP contribution < -0.4 is 4.74 Å². The Kier molecular flexibility index (Phi) is 6.23. The number of nitro benzene ring substituents is 1. The molecule has 1 aliphatic heterocycles. The molecule has 0 aliphatic carbocycles. The van der Waals surface area contributed by atoms with E-state index in [0.29, 0.717) is 18.8 Å². The highest BCUT2D eigenvalue weighted by molar-refractivity contribution is 9.11. The Hall–Kier alpha value is -1.97. The summed E-state index contributed by atoms with van der Waals surface area (Å²) < 4.78 is 6.58. The molecule has 0 radical (unpaired) electrons. The topological polar surface area (TPSA) is 75.9 Å². The minimum Gasteiger partial charge on any atom is -0.484 e. The van der Waals surface area contributed by atoms with Crippen LogP contribution in [0.3, 0.4) is 0 Å². The first kappa shape index (κ1) is 18.8. The first-order valence-corrected chi connectivity index (χ1v) is 9.74. The maximum absolute atomic E-state index is 12.3. The number of rotatable bonds is 6. The van der Waals surface area contributed by atoms with Crippen molar-refractivity contribution in [2.75, 3.05) is 32.8 Å². The van der Waals surface area contributed by atoms with Crippen LogP contribution >= 0.6 is 27.3 Å². The van der Waals surface area contributed by atoms with Crippen molar-refractivity contribution >= 4 is 38.9 Å². The van der Waals surface area contributed by atoms with Crippen LogP contribution in [0.5, 0.6) is 5.75 Å². The summed E-state index contributed by atoms with van der Waals surface area (Å²) in [7, 11) is 0. The molecule has 7 nitrogen and oxygen atoms in total. The number of hydrogen-bond acceptors (Lipinski definition) is 6. The van der Waals surface area contributed by atoms with Crippen LogP contribution in [-0.4, -0.2) is 53.4 Å². The van der Waals surface area contributed by atoms with Crippen molar-refractivity contribution in [2.24, 2.45) is 0 Å². The van der Waals surface area contributed by atoms with Crippen molar-refractivity contribution in [1.29, 1.82) is 0 Å². The Balaban J connectivity index is 1.42. The van der Waals surface area contributed by atoms with E-state index in [1.165, 1.54) is 29.1 Å². The summed E-state index contributed by atoms with van der Waals surface area (Å²) in [5.74, 6) is 0.382. The van der Waals surface area contributed by atoms with E-state index < -0.39 is 4.92 Å². The largest absolute Gasteiger partial charge is 0.484 e. The third-order valence-corrected chi connectivity index (χ3v) is 5.75. The maximum Gasteiger partial charge on any atom is 0.269 e. The van der Waals surface area contributed by atoms with Gasteiger partial charge in [0.25, 0.3) is 11.6 Å². The molecule has 1 fully saturated rings. The molecular formula is C17H18BrN3O4S. The molecule has 0 bridgehead atoms. The van der Waals surface area contributed by atoms with Gasteiger partial charge in [0.2, 0.25) is 0 Å². The number of benzene rings is 1. The SMILES string of the molecule is O=C(COc1ccc([N+](=O)[O-])cc1)N1CCN(Cc2ccc(Br)s2)CC1. The summed E-state index contributed by atoms with van der Waals surface area (Å²) in [6, 6.07) is 9.90. The lowest BCUT2D eigenvalue weighted by Crippen LogP contribution is -2.49. The Morgan fingerprint density at radius 3 is 2.42 bits per heavy atom. The van der Waals surface area contributed by atoms with Crippen molar-refractivity contribution in [3.05, 3.63) is 55.2 Å². The number of halogens is 1. The lowest BCUT2D eigenvalue weighted by Gasteiger charge is -2.34. The molecule has 0 N–H and O–H groups in total. The fourth-order valence-electron chi connectivity index (χ4n) is 2.71. The highest BCUT2D eigenvalue weighted by Crippen LogP contribution is 2.23. The first-order chi connectivity index (χ1) is 12.5. The van der Waals surface area contributed by atoms with Crippen molar-refractivity contribution in [3.8, 4) is 5.75 Å². The molecule has 1 aromatic carbocycles. The van der Waals surface area contributed by atoms with E-state index in [-0.39, 0.29) is 18.2 Å². The van der Waals surface area contributed by atoms with Crippen LogP contribution in [0.2, 0.25) is 0 Å². The van der Waals surface area contributed by atoms with Crippen molar-refractivity contribution in [3.63, 3.8) is 0 Å². The van der Waals surface area contributed by atoms with Gasteiger partial charge >= 0.3 is 0 Å². The van der Waals surface area contributed by atoms with Gasteiger partial charge in [-0.3, -0.25) is 19.8 Å². The van der Waals surface area contributed by atoms with Crippen molar-refractivity contribution in [1.82, 2.24) is 9.80 Å². The zero-order chi connectivity index (χ0) is 18.5. The third-order valence-electron chi connectivity index (χ3n) is 4.14. The van der Waals surface area contributed by atoms with Gasteiger partial charge in [0.1, 0.15) is 5.75 Å². The quantitative estimate of drug-likeness (QED) is 0.510. The Labute approximate surface area is 163 Å². The average molecular weight is 440 g/mol. The minimum absolute atomic E-state index is 0.00225. The van der Waals surface area contributed by atoms with Crippen LogP contribution in [0.1, 0.15) is 4.88 Å². The number of piperazine rings is 1. The number of nitrogens with zero attached hydrogens (tertiary/aromatic N) is 3. The van der Waals surface area contributed by atoms with E-state index in [1.54, 1.807) is 16.2 Å². The molecule has 0 spiro atoms. The van der Waals surface area contributed by atoms with Gasteiger partial charge in [0.15, 0.2) is 6.61 Å². The second kappa shape index (κ2) is 8.61. The van der Waals surface area contributed by atoms with Crippen LogP contribution in [0.4, 0.5) is 5.69 Å². The van der Waals surface area contributed by atoms with E-state index in [9.17, 15) is 14.9 Å². The monoisotopic (exact) mass is 439 g/mol. The highest BCUT2D eigenvalue weighted by Gasteiger charge is 2.21. The summed E-state index contributed by atoms with van der Waals surface area (Å²) in [6.07, 6.45) is 0. The lowest BCUT2D eigenvalue weighted by molar-refractivity contribution is -0.384. The number of thiophene rings is 1. The Morgan fingerprint density at radius 1 is 1.15 bits per heavy atom. The molecule has 1 aliphatic rings. The van der Waals surface area contributed by atoms with E-state index in [4.69, 9.17) is 4.74 Å². The predicted octanol–water partition coefficient (Wildman–Crippen LogP) is 3.14. The van der Waals surface area contributed by atoms with Gasteiger partial charge in [-0.25, -0.2) is 0 Å². The van der Waals surface area contributed by atoms with Crippen LogP contribution in [-0.2, 0) is 11.3 Å². The average Bonchev–Trinajstić information content (AvgIpc) is 3.05. The number of ether oxygens (including phenoxy) is 1. The number of non-ortho nitro benzene ring substituents is 1. The molecular weight excluding hydrogens is 422 g/mol. The number of carbonyl (C=O) groups is 1. The molecule has 3 rings (SSSR count). The smallest absolute Gasteiger partial charge is 0.269 e. The Bertz CT molecular complexity index is 773. The van der Waals surface area contributed by atoms with Gasteiger partial charge < -0.3 is 9.64 Å². The lowest BCUT2D eigenvalue weighted by atomic mass is 10.3. The second-order valence-corrected chi connectivity index (χ2v) is 8.45. The van der Waals surface area contributed by atoms with E-state index in [1.807, 2.05) is 0 Å². The molecule has 1 aromatic heterocycles. The molecule has 26 heavy (non-hydrogen) atoms. The van der Waals surface area contributed by atoms with Gasteiger partial charge in [0.05, 0.1) is 8.71 Å². The molecule has 1 amide bonds. The van der Waals surface area contributed by atoms with Gasteiger partial charge in [-0.2, -0.15) is 0 Å². The molecule has 0 saturated carbocycles. The minimum atomic E-state index is -0.469. The normalized spacial score (nSPS) is 15.0. The first-order valence-electron chi connectivity index (χ1n) is 8.13. The summed E-state index contributed by atoms with van der Waals surface area (Å²) in [6.45, 7) is 3.86. The molecule has 2 heterocycles. The predicted molar refractivity (Wildman–Crippen MR) is 102 cm³/mol. The summed E-state index contributed by atoms with van der Waals surface area (Å²) >= 11 is 5.20. The summed E-state index contributed by atoms with van der Waals surface area (Å²) in [5, 5.41) is 10.6. The molecule has 0 atom stereocenters. The van der Waals surface area contributed by atoms with Gasteiger partial charge in [0, 0.05) is 49.7 Å². The van der Waals surface area contributed by atoms with E-state index in [0.717, 1.165) is 23.4 Å². The Morgan fingerprint density at radius 2 is 1.85 bits per heavy atom. The van der Waals surface area contributed by atoms with Crippen LogP contribution in [0.25, 0.3) is 0 Å².